The topological polar surface area (TPSA) is 78.9 Å². The van der Waals surface area contributed by atoms with Crippen molar-refractivity contribution in [2.45, 2.75) is 393 Å². The van der Waals surface area contributed by atoms with Gasteiger partial charge < -0.3 is 14.2 Å². The van der Waals surface area contributed by atoms with E-state index in [1.165, 1.54) is 263 Å². The molecule has 6 nitrogen and oxygen atoms in total. The minimum absolute atomic E-state index is 0.0920. The van der Waals surface area contributed by atoms with Crippen LogP contribution in [0.5, 0.6) is 0 Å². The van der Waals surface area contributed by atoms with Gasteiger partial charge in [-0.25, -0.2) is 0 Å². The van der Waals surface area contributed by atoms with Gasteiger partial charge in [-0.05, 0) is 57.8 Å². The lowest BCUT2D eigenvalue weighted by Gasteiger charge is -2.18. The van der Waals surface area contributed by atoms with Crippen molar-refractivity contribution in [1.29, 1.82) is 0 Å². The van der Waals surface area contributed by atoms with Crippen LogP contribution in [0.3, 0.4) is 0 Å². The second-order valence-corrected chi connectivity index (χ2v) is 24.5. The molecule has 0 amide bonds. The van der Waals surface area contributed by atoms with Crippen LogP contribution in [0.25, 0.3) is 0 Å². The number of carbonyl (C=O) groups is 3. The molecule has 0 heterocycles. The Morgan fingerprint density at radius 1 is 0.256 bits per heavy atom. The average molecular weight is 1150 g/mol. The minimum Gasteiger partial charge on any atom is -0.462 e. The molecular weight excluding hydrogens is 1010 g/mol. The summed E-state index contributed by atoms with van der Waals surface area (Å²) in [4.78, 5) is 38.4. The SMILES string of the molecule is CC/C=C\C/C=C\C/C=C\C/C=C\C/C=C\CCCC(=O)OC(COC(=O)CCCCCCCCCCCCCCCCC)COC(=O)CCCCCCCCCCCCCCCCCCCCCCCCCCCCCCCCCC. The van der Waals surface area contributed by atoms with Gasteiger partial charge in [0.05, 0.1) is 0 Å². The number of ether oxygens (including phenoxy) is 3. The summed E-state index contributed by atoms with van der Waals surface area (Å²) in [5, 5.41) is 0. The van der Waals surface area contributed by atoms with Gasteiger partial charge in [0, 0.05) is 19.3 Å². The zero-order valence-electron chi connectivity index (χ0n) is 55.0. The second-order valence-electron chi connectivity index (χ2n) is 24.5. The van der Waals surface area contributed by atoms with Crippen LogP contribution in [0.2, 0.25) is 0 Å². The normalized spacial score (nSPS) is 12.4. The Morgan fingerprint density at radius 2 is 0.476 bits per heavy atom. The first-order valence-corrected chi connectivity index (χ1v) is 36.3. The predicted molar refractivity (Wildman–Crippen MR) is 358 cm³/mol. The van der Waals surface area contributed by atoms with E-state index >= 15 is 0 Å². The quantitative estimate of drug-likeness (QED) is 0.0261. The lowest BCUT2D eigenvalue weighted by molar-refractivity contribution is -0.167. The molecule has 0 aliphatic heterocycles. The number of rotatable bonds is 67. The van der Waals surface area contributed by atoms with Crippen LogP contribution in [-0.4, -0.2) is 37.2 Å². The Balaban J connectivity index is 4.19. The molecular formula is C76H138O6. The van der Waals surface area contributed by atoms with Crippen LogP contribution >= 0.6 is 0 Å². The van der Waals surface area contributed by atoms with Gasteiger partial charge in [-0.3, -0.25) is 14.4 Å². The Bertz CT molecular complexity index is 1460. The van der Waals surface area contributed by atoms with E-state index in [0.29, 0.717) is 19.3 Å². The molecule has 0 spiro atoms. The zero-order valence-corrected chi connectivity index (χ0v) is 55.0. The third-order valence-corrected chi connectivity index (χ3v) is 16.3. The third kappa shape index (κ3) is 67.9. The maximum absolute atomic E-state index is 12.9. The highest BCUT2D eigenvalue weighted by Crippen LogP contribution is 2.19. The van der Waals surface area contributed by atoms with Gasteiger partial charge in [0.2, 0.25) is 0 Å². The number of esters is 3. The van der Waals surface area contributed by atoms with E-state index < -0.39 is 6.10 Å². The van der Waals surface area contributed by atoms with E-state index in [0.717, 1.165) is 77.0 Å². The van der Waals surface area contributed by atoms with Crippen LogP contribution < -0.4 is 0 Å². The summed E-state index contributed by atoms with van der Waals surface area (Å²) < 4.78 is 16.9. The van der Waals surface area contributed by atoms with Crippen molar-refractivity contribution in [3.05, 3.63) is 60.8 Å². The second kappa shape index (κ2) is 70.6. The Hall–Kier alpha value is -2.89. The predicted octanol–water partition coefficient (Wildman–Crippen LogP) is 25.1. The van der Waals surface area contributed by atoms with Crippen molar-refractivity contribution >= 4 is 17.9 Å². The summed E-state index contributed by atoms with van der Waals surface area (Å²) in [5.74, 6) is -0.927. The van der Waals surface area contributed by atoms with Gasteiger partial charge in [0.15, 0.2) is 6.10 Å². The maximum atomic E-state index is 12.9. The van der Waals surface area contributed by atoms with E-state index in [4.69, 9.17) is 14.2 Å². The molecule has 1 unspecified atom stereocenters. The van der Waals surface area contributed by atoms with E-state index in [9.17, 15) is 14.4 Å². The molecule has 0 aromatic heterocycles. The minimum atomic E-state index is -0.802. The lowest BCUT2D eigenvalue weighted by atomic mass is 10.0. The van der Waals surface area contributed by atoms with Gasteiger partial charge in [-0.1, -0.05) is 370 Å². The molecule has 0 radical (unpaired) electrons. The van der Waals surface area contributed by atoms with Crippen LogP contribution in [0, 0.1) is 0 Å². The van der Waals surface area contributed by atoms with Crippen molar-refractivity contribution in [3.8, 4) is 0 Å². The van der Waals surface area contributed by atoms with E-state index in [-0.39, 0.29) is 37.5 Å². The molecule has 0 fully saturated rings. The largest absolute Gasteiger partial charge is 0.462 e. The van der Waals surface area contributed by atoms with Gasteiger partial charge in [0.1, 0.15) is 13.2 Å². The molecule has 0 saturated heterocycles. The van der Waals surface area contributed by atoms with Crippen LogP contribution in [-0.2, 0) is 28.6 Å². The fourth-order valence-corrected chi connectivity index (χ4v) is 10.9. The van der Waals surface area contributed by atoms with Crippen LogP contribution in [0.1, 0.15) is 387 Å². The van der Waals surface area contributed by atoms with Crippen molar-refractivity contribution in [3.63, 3.8) is 0 Å². The lowest BCUT2D eigenvalue weighted by Crippen LogP contribution is -2.30. The first-order valence-electron chi connectivity index (χ1n) is 36.3. The molecule has 0 bridgehead atoms. The molecule has 82 heavy (non-hydrogen) atoms. The molecule has 0 aromatic carbocycles. The zero-order chi connectivity index (χ0) is 59.2. The summed E-state index contributed by atoms with van der Waals surface area (Å²) in [6.45, 7) is 6.55. The Kier molecular flexibility index (Phi) is 68.1. The highest BCUT2D eigenvalue weighted by molar-refractivity contribution is 5.71. The molecule has 0 saturated carbocycles. The summed E-state index contributed by atoms with van der Waals surface area (Å²) in [7, 11) is 0. The van der Waals surface area contributed by atoms with Gasteiger partial charge in [0.25, 0.3) is 0 Å². The van der Waals surface area contributed by atoms with Gasteiger partial charge >= 0.3 is 17.9 Å². The molecule has 1 atom stereocenters. The molecule has 6 heteroatoms. The van der Waals surface area contributed by atoms with E-state index in [2.05, 4.69) is 81.5 Å². The maximum Gasteiger partial charge on any atom is 0.306 e. The highest BCUT2D eigenvalue weighted by Gasteiger charge is 2.19. The summed E-state index contributed by atoms with van der Waals surface area (Å²) in [6, 6.07) is 0. The first kappa shape index (κ1) is 79.1. The van der Waals surface area contributed by atoms with Crippen LogP contribution in [0.15, 0.2) is 60.8 Å². The average Bonchev–Trinajstić information content (AvgIpc) is 3.47. The Morgan fingerprint density at radius 3 is 0.732 bits per heavy atom. The first-order chi connectivity index (χ1) is 40.5. The fourth-order valence-electron chi connectivity index (χ4n) is 10.9. The fraction of sp³-hybridized carbons (Fsp3) is 0.829. The standard InChI is InChI=1S/C76H138O6/c1-4-7-10-13-16-19-22-25-28-30-31-32-33-34-35-36-37-38-39-40-41-42-43-44-46-48-51-54-57-60-63-66-69-75(78)81-72-73(71-80-74(77)68-65-62-59-56-53-50-47-27-24-21-18-15-12-9-6-3)82-76(79)70-67-64-61-58-55-52-49-45-29-26-23-20-17-14-11-8-5-2/h8,11,17,20,26,29,49,52,58,61,73H,4-7,9-10,12-16,18-19,21-25,27-28,30-48,50-51,53-57,59-60,62-72H2,1-3H3/b11-8-,20-17-,29-26-,52-49-,61-58-. The third-order valence-electron chi connectivity index (χ3n) is 16.3. The van der Waals surface area contributed by atoms with E-state index in [1.807, 2.05) is 0 Å². The summed E-state index contributed by atoms with van der Waals surface area (Å²) >= 11 is 0. The number of unbranched alkanes of at least 4 members (excludes halogenated alkanes) is 46. The van der Waals surface area contributed by atoms with Crippen LogP contribution in [0.4, 0.5) is 0 Å². The smallest absolute Gasteiger partial charge is 0.306 e. The van der Waals surface area contributed by atoms with Crippen molar-refractivity contribution < 1.29 is 28.6 Å². The number of allylic oxidation sites excluding steroid dienone is 10. The Labute approximate surface area is 510 Å². The monoisotopic (exact) mass is 1150 g/mol. The molecule has 0 aliphatic rings. The van der Waals surface area contributed by atoms with E-state index in [1.54, 1.807) is 0 Å². The van der Waals surface area contributed by atoms with Crippen molar-refractivity contribution in [2.75, 3.05) is 13.2 Å². The summed E-state index contributed by atoms with van der Waals surface area (Å²) in [5.41, 5.74) is 0. The summed E-state index contributed by atoms with van der Waals surface area (Å²) in [6.07, 6.45) is 91.4. The molecule has 478 valence electrons. The highest BCUT2D eigenvalue weighted by atomic mass is 16.6. The van der Waals surface area contributed by atoms with Crippen molar-refractivity contribution in [2.24, 2.45) is 0 Å². The number of carbonyl (C=O) groups excluding carboxylic acids is 3. The molecule has 0 rings (SSSR count). The van der Waals surface area contributed by atoms with Gasteiger partial charge in [-0.2, -0.15) is 0 Å². The number of hydrogen-bond donors (Lipinski definition) is 0. The molecule has 0 aliphatic carbocycles. The number of hydrogen-bond acceptors (Lipinski definition) is 6. The van der Waals surface area contributed by atoms with Gasteiger partial charge in [-0.15, -0.1) is 0 Å². The molecule has 0 aromatic rings. The van der Waals surface area contributed by atoms with Crippen molar-refractivity contribution in [1.82, 2.24) is 0 Å². The molecule has 0 N–H and O–H groups in total.